The van der Waals surface area contributed by atoms with Crippen LogP contribution in [0.25, 0.3) is 0 Å². The molecule has 8 nitrogen and oxygen atoms in total. The molecule has 8 heteroatoms. The van der Waals surface area contributed by atoms with Crippen LogP contribution in [0, 0.1) is 11.8 Å². The number of fused-ring (bicyclic) bond motifs is 1. The lowest BCUT2D eigenvalue weighted by Crippen LogP contribution is -2.55. The second kappa shape index (κ2) is 7.67. The van der Waals surface area contributed by atoms with E-state index in [-0.39, 0.29) is 30.9 Å². The highest BCUT2D eigenvalue weighted by atomic mass is 16.5. The molecule has 0 aromatic heterocycles. The molecule has 30 heavy (non-hydrogen) atoms. The number of β-amino-alcohol motifs (C(OH)–C–C–N with tert-alkyl or cyclic N) is 1. The molecule has 0 radical (unpaired) electrons. The Balaban J connectivity index is 1.68. The number of nitrogens with one attached hydrogen (secondary N) is 2. The zero-order valence-corrected chi connectivity index (χ0v) is 17.4. The Bertz CT molecular complexity index is 846. The molecule has 0 saturated carbocycles. The highest BCUT2D eigenvalue weighted by Crippen LogP contribution is 2.64. The number of hydrogen-bond acceptors (Lipinski definition) is 5. The van der Waals surface area contributed by atoms with Crippen LogP contribution in [-0.4, -0.2) is 65.2 Å². The van der Waals surface area contributed by atoms with Crippen LogP contribution in [0.2, 0.25) is 0 Å². The number of benzene rings is 1. The predicted molar refractivity (Wildman–Crippen MR) is 108 cm³/mol. The van der Waals surface area contributed by atoms with Crippen molar-refractivity contribution >= 4 is 17.7 Å². The fourth-order valence-corrected chi connectivity index (χ4v) is 5.80. The first-order chi connectivity index (χ1) is 14.4. The van der Waals surface area contributed by atoms with Gasteiger partial charge in [0.05, 0.1) is 24.0 Å². The standard InChI is InChI=1S/C22H29N3O5/c1-3-21-9-10-22(30-21)16(15(21)18(27)23-2)20(29)25(11-12-26)17(22)19(28)24-13-14-7-5-4-6-8-14/h4-8,15-17,26H,3,9-13H2,1-2H3,(H,23,27)(H,24,28)/t15-,16+,17?,21+,22?/m1/s1. The summed E-state index contributed by atoms with van der Waals surface area (Å²) >= 11 is 0. The minimum atomic E-state index is -1.04. The number of likely N-dealkylation sites (tertiary alicyclic amines) is 1. The van der Waals surface area contributed by atoms with Crippen molar-refractivity contribution < 1.29 is 24.2 Å². The molecule has 0 aliphatic carbocycles. The van der Waals surface area contributed by atoms with Crippen molar-refractivity contribution in [1.82, 2.24) is 15.5 Å². The molecule has 1 aromatic rings. The van der Waals surface area contributed by atoms with Crippen LogP contribution in [0.5, 0.6) is 0 Å². The van der Waals surface area contributed by atoms with Crippen molar-refractivity contribution in [3.63, 3.8) is 0 Å². The van der Waals surface area contributed by atoms with E-state index in [0.29, 0.717) is 25.8 Å². The molecule has 2 unspecified atom stereocenters. The van der Waals surface area contributed by atoms with Crippen LogP contribution in [-0.2, 0) is 25.7 Å². The molecule has 3 fully saturated rings. The molecule has 3 saturated heterocycles. The molecule has 3 N–H and O–H groups in total. The Morgan fingerprint density at radius 3 is 2.60 bits per heavy atom. The fourth-order valence-electron chi connectivity index (χ4n) is 5.80. The molecule has 3 aliphatic rings. The maximum absolute atomic E-state index is 13.4. The molecule has 3 aliphatic heterocycles. The largest absolute Gasteiger partial charge is 0.395 e. The average molecular weight is 415 g/mol. The summed E-state index contributed by atoms with van der Waals surface area (Å²) in [5, 5.41) is 15.2. The smallest absolute Gasteiger partial charge is 0.246 e. The van der Waals surface area contributed by atoms with Crippen molar-refractivity contribution in [2.45, 2.75) is 50.0 Å². The molecular weight excluding hydrogens is 386 g/mol. The van der Waals surface area contributed by atoms with E-state index >= 15 is 0 Å². The van der Waals surface area contributed by atoms with Gasteiger partial charge in [-0.15, -0.1) is 0 Å². The van der Waals surface area contributed by atoms with E-state index < -0.39 is 29.1 Å². The third-order valence-corrected chi connectivity index (χ3v) is 7.11. The summed E-state index contributed by atoms with van der Waals surface area (Å²) in [6.07, 6.45) is 1.76. The summed E-state index contributed by atoms with van der Waals surface area (Å²) in [6.45, 7) is 2.05. The number of aliphatic hydroxyl groups is 1. The SMILES string of the molecule is CC[C@@]12CCC3(O1)C(C(=O)NCc1ccccc1)N(CCO)C(=O)[C@@H]3[C@@H]2C(=O)NC. The lowest BCUT2D eigenvalue weighted by molar-refractivity contribution is -0.148. The number of carbonyl (C=O) groups is 3. The zero-order valence-electron chi connectivity index (χ0n) is 17.4. The van der Waals surface area contributed by atoms with E-state index in [1.807, 2.05) is 37.3 Å². The number of ether oxygens (including phenoxy) is 1. The van der Waals surface area contributed by atoms with Gasteiger partial charge in [-0.05, 0) is 24.8 Å². The molecular formula is C22H29N3O5. The Kier molecular flexibility index (Phi) is 5.32. The Morgan fingerprint density at radius 2 is 1.97 bits per heavy atom. The lowest BCUT2D eigenvalue weighted by Gasteiger charge is -2.33. The van der Waals surface area contributed by atoms with E-state index in [4.69, 9.17) is 4.74 Å². The van der Waals surface area contributed by atoms with Gasteiger partial charge in [0.25, 0.3) is 0 Å². The molecule has 2 bridgehead atoms. The summed E-state index contributed by atoms with van der Waals surface area (Å²) < 4.78 is 6.52. The van der Waals surface area contributed by atoms with Gasteiger partial charge < -0.3 is 25.4 Å². The van der Waals surface area contributed by atoms with Gasteiger partial charge in [0.2, 0.25) is 17.7 Å². The number of rotatable bonds is 7. The minimum absolute atomic E-state index is 0.0312. The van der Waals surface area contributed by atoms with E-state index in [0.717, 1.165) is 5.56 Å². The van der Waals surface area contributed by atoms with Crippen LogP contribution in [0.15, 0.2) is 30.3 Å². The number of aliphatic hydroxyl groups excluding tert-OH is 1. The van der Waals surface area contributed by atoms with Gasteiger partial charge in [-0.1, -0.05) is 37.3 Å². The van der Waals surface area contributed by atoms with E-state index in [1.165, 1.54) is 4.90 Å². The van der Waals surface area contributed by atoms with Gasteiger partial charge in [-0.25, -0.2) is 0 Å². The van der Waals surface area contributed by atoms with Gasteiger partial charge in [-0.2, -0.15) is 0 Å². The topological polar surface area (TPSA) is 108 Å². The normalized spacial score (nSPS) is 34.2. The zero-order chi connectivity index (χ0) is 21.5. The Morgan fingerprint density at radius 1 is 1.23 bits per heavy atom. The van der Waals surface area contributed by atoms with Gasteiger partial charge in [0.15, 0.2) is 0 Å². The van der Waals surface area contributed by atoms with Gasteiger partial charge in [-0.3, -0.25) is 14.4 Å². The number of amides is 3. The van der Waals surface area contributed by atoms with Crippen molar-refractivity contribution in [2.75, 3.05) is 20.2 Å². The molecule has 4 rings (SSSR count). The van der Waals surface area contributed by atoms with Crippen molar-refractivity contribution in [3.8, 4) is 0 Å². The van der Waals surface area contributed by atoms with Gasteiger partial charge in [0.1, 0.15) is 11.6 Å². The van der Waals surface area contributed by atoms with Crippen LogP contribution in [0.4, 0.5) is 0 Å². The summed E-state index contributed by atoms with van der Waals surface area (Å²) in [6, 6.07) is 8.66. The van der Waals surface area contributed by atoms with Crippen molar-refractivity contribution in [1.29, 1.82) is 0 Å². The van der Waals surface area contributed by atoms with Crippen LogP contribution >= 0.6 is 0 Å². The first-order valence-corrected chi connectivity index (χ1v) is 10.6. The average Bonchev–Trinajstić information content (AvgIpc) is 3.37. The summed E-state index contributed by atoms with van der Waals surface area (Å²) in [5.74, 6) is -2.18. The Hall–Kier alpha value is -2.45. The van der Waals surface area contributed by atoms with Gasteiger partial charge in [0, 0.05) is 20.1 Å². The first-order valence-electron chi connectivity index (χ1n) is 10.6. The number of carbonyl (C=O) groups excluding carboxylic acids is 3. The van der Waals surface area contributed by atoms with E-state index in [1.54, 1.807) is 7.05 Å². The first kappa shape index (κ1) is 20.8. The number of nitrogens with zero attached hydrogens (tertiary/aromatic N) is 1. The maximum Gasteiger partial charge on any atom is 0.246 e. The monoisotopic (exact) mass is 415 g/mol. The second-order valence-electron chi connectivity index (χ2n) is 8.41. The molecule has 1 spiro atoms. The summed E-state index contributed by atoms with van der Waals surface area (Å²) in [5.41, 5.74) is -0.827. The molecule has 3 heterocycles. The predicted octanol–water partition coefficient (Wildman–Crippen LogP) is 0.196. The summed E-state index contributed by atoms with van der Waals surface area (Å²) in [4.78, 5) is 41.0. The van der Waals surface area contributed by atoms with Crippen molar-refractivity contribution in [3.05, 3.63) is 35.9 Å². The molecule has 5 atom stereocenters. The molecule has 1 aromatic carbocycles. The van der Waals surface area contributed by atoms with Gasteiger partial charge >= 0.3 is 0 Å². The summed E-state index contributed by atoms with van der Waals surface area (Å²) in [7, 11) is 1.55. The third kappa shape index (κ3) is 2.85. The highest BCUT2D eigenvalue weighted by molar-refractivity contribution is 5.99. The molecule has 162 valence electrons. The lowest BCUT2D eigenvalue weighted by atomic mass is 9.65. The quantitative estimate of drug-likeness (QED) is 0.590. The minimum Gasteiger partial charge on any atom is -0.395 e. The maximum atomic E-state index is 13.4. The molecule has 3 amide bonds. The fraction of sp³-hybridized carbons (Fsp3) is 0.591. The Labute approximate surface area is 176 Å². The van der Waals surface area contributed by atoms with Crippen molar-refractivity contribution in [2.24, 2.45) is 11.8 Å². The van der Waals surface area contributed by atoms with Crippen LogP contribution in [0.1, 0.15) is 31.7 Å². The van der Waals surface area contributed by atoms with E-state index in [2.05, 4.69) is 10.6 Å². The van der Waals surface area contributed by atoms with E-state index in [9.17, 15) is 19.5 Å². The van der Waals surface area contributed by atoms with Crippen LogP contribution in [0.3, 0.4) is 0 Å². The third-order valence-electron chi connectivity index (χ3n) is 7.11. The second-order valence-corrected chi connectivity index (χ2v) is 8.41. The highest BCUT2D eigenvalue weighted by Gasteiger charge is 2.78. The van der Waals surface area contributed by atoms with Crippen LogP contribution < -0.4 is 10.6 Å². The number of hydrogen-bond donors (Lipinski definition) is 3.